The maximum absolute atomic E-state index is 14.1. The monoisotopic (exact) mass is 329 g/mol. The summed E-state index contributed by atoms with van der Waals surface area (Å²) >= 11 is 0. The minimum atomic E-state index is -0.710. The number of hydrogen-bond donors (Lipinski definition) is 1. The van der Waals surface area contributed by atoms with E-state index in [9.17, 15) is 8.78 Å². The van der Waals surface area contributed by atoms with Gasteiger partial charge in [-0.1, -0.05) is 20.8 Å². The van der Waals surface area contributed by atoms with Crippen LogP contribution in [0.25, 0.3) is 22.9 Å². The average molecular weight is 329 g/mol. The van der Waals surface area contributed by atoms with Gasteiger partial charge >= 0.3 is 0 Å². The lowest BCUT2D eigenvalue weighted by Crippen LogP contribution is -2.15. The SMILES string of the molecule is Cc1nc(-c2cc(C(C)(C)C)nc(-c3ccc(F)cc3F)n2)n[nH]1. The first-order valence-electron chi connectivity index (χ1n) is 7.48. The largest absolute Gasteiger partial charge is 0.263 e. The van der Waals surface area contributed by atoms with Gasteiger partial charge in [0, 0.05) is 11.5 Å². The topological polar surface area (TPSA) is 67.3 Å². The van der Waals surface area contributed by atoms with E-state index < -0.39 is 11.6 Å². The normalized spacial score (nSPS) is 11.8. The summed E-state index contributed by atoms with van der Waals surface area (Å²) in [5.74, 6) is -0.122. The number of aryl methyl sites for hydroxylation is 1. The van der Waals surface area contributed by atoms with E-state index in [1.165, 1.54) is 12.1 Å². The van der Waals surface area contributed by atoms with E-state index in [4.69, 9.17) is 0 Å². The molecule has 0 bridgehead atoms. The molecule has 124 valence electrons. The van der Waals surface area contributed by atoms with Crippen molar-refractivity contribution in [2.45, 2.75) is 33.1 Å². The lowest BCUT2D eigenvalue weighted by Gasteiger charge is -2.19. The summed E-state index contributed by atoms with van der Waals surface area (Å²) in [6.07, 6.45) is 0. The van der Waals surface area contributed by atoms with Crippen molar-refractivity contribution >= 4 is 0 Å². The van der Waals surface area contributed by atoms with Gasteiger partial charge in [-0.05, 0) is 25.1 Å². The Labute approximate surface area is 138 Å². The zero-order chi connectivity index (χ0) is 17.5. The highest BCUT2D eigenvalue weighted by Crippen LogP contribution is 2.28. The lowest BCUT2D eigenvalue weighted by molar-refractivity contribution is 0.566. The summed E-state index contributed by atoms with van der Waals surface area (Å²) in [5, 5.41) is 6.86. The van der Waals surface area contributed by atoms with Gasteiger partial charge < -0.3 is 0 Å². The van der Waals surface area contributed by atoms with Crippen LogP contribution in [-0.4, -0.2) is 25.1 Å². The molecule has 0 spiro atoms. The molecule has 0 radical (unpaired) electrons. The number of nitrogens with one attached hydrogen (secondary N) is 1. The lowest BCUT2D eigenvalue weighted by atomic mass is 9.91. The van der Waals surface area contributed by atoms with Gasteiger partial charge in [-0.2, -0.15) is 5.10 Å². The molecule has 0 aliphatic rings. The second kappa shape index (κ2) is 5.74. The van der Waals surface area contributed by atoms with Crippen LogP contribution in [0.3, 0.4) is 0 Å². The Morgan fingerprint density at radius 2 is 1.71 bits per heavy atom. The van der Waals surface area contributed by atoms with Crippen LogP contribution in [0.15, 0.2) is 24.3 Å². The van der Waals surface area contributed by atoms with Gasteiger partial charge in [-0.25, -0.2) is 23.7 Å². The summed E-state index contributed by atoms with van der Waals surface area (Å²) in [5.41, 5.74) is 1.05. The maximum Gasteiger partial charge on any atom is 0.199 e. The third kappa shape index (κ3) is 3.15. The van der Waals surface area contributed by atoms with Crippen molar-refractivity contribution in [2.24, 2.45) is 0 Å². The van der Waals surface area contributed by atoms with Crippen LogP contribution in [0.5, 0.6) is 0 Å². The van der Waals surface area contributed by atoms with Crippen LogP contribution in [-0.2, 0) is 5.41 Å². The van der Waals surface area contributed by atoms with Crippen molar-refractivity contribution in [3.05, 3.63) is 47.4 Å². The fraction of sp³-hybridized carbons (Fsp3) is 0.294. The number of H-pyrrole nitrogens is 1. The van der Waals surface area contributed by atoms with Crippen molar-refractivity contribution < 1.29 is 8.78 Å². The van der Waals surface area contributed by atoms with E-state index in [-0.39, 0.29) is 16.8 Å². The van der Waals surface area contributed by atoms with Crippen LogP contribution in [0.4, 0.5) is 8.78 Å². The Balaban J connectivity index is 2.22. The predicted molar refractivity (Wildman–Crippen MR) is 86.2 cm³/mol. The molecule has 2 heterocycles. The third-order valence-corrected chi connectivity index (χ3v) is 3.49. The van der Waals surface area contributed by atoms with Crippen molar-refractivity contribution in [1.29, 1.82) is 0 Å². The molecule has 0 amide bonds. The van der Waals surface area contributed by atoms with Gasteiger partial charge in [0.2, 0.25) is 0 Å². The van der Waals surface area contributed by atoms with Crippen LogP contribution in [0, 0.1) is 18.6 Å². The average Bonchev–Trinajstić information content (AvgIpc) is 2.92. The van der Waals surface area contributed by atoms with Crippen molar-refractivity contribution in [3.63, 3.8) is 0 Å². The Morgan fingerprint density at radius 3 is 2.29 bits per heavy atom. The number of benzene rings is 1. The molecule has 0 saturated heterocycles. The third-order valence-electron chi connectivity index (χ3n) is 3.49. The first-order chi connectivity index (χ1) is 11.2. The first-order valence-corrected chi connectivity index (χ1v) is 7.48. The van der Waals surface area contributed by atoms with Crippen LogP contribution in [0.1, 0.15) is 32.3 Å². The molecule has 0 aliphatic carbocycles. The number of aromatic amines is 1. The van der Waals surface area contributed by atoms with Crippen LogP contribution < -0.4 is 0 Å². The van der Waals surface area contributed by atoms with Crippen LogP contribution in [0.2, 0.25) is 0 Å². The minimum Gasteiger partial charge on any atom is -0.263 e. The smallest absolute Gasteiger partial charge is 0.199 e. The van der Waals surface area contributed by atoms with Gasteiger partial charge in [0.05, 0.1) is 11.3 Å². The second-order valence-electron chi connectivity index (χ2n) is 6.58. The summed E-state index contributed by atoms with van der Waals surface area (Å²) in [6.45, 7) is 7.76. The Hall–Kier alpha value is -2.70. The quantitative estimate of drug-likeness (QED) is 0.776. The zero-order valence-electron chi connectivity index (χ0n) is 13.9. The second-order valence-corrected chi connectivity index (χ2v) is 6.58. The Kier molecular flexibility index (Phi) is 3.87. The summed E-state index contributed by atoms with van der Waals surface area (Å²) in [6, 6.07) is 5.12. The molecule has 24 heavy (non-hydrogen) atoms. The molecule has 1 N–H and O–H groups in total. The number of hydrogen-bond acceptors (Lipinski definition) is 4. The molecule has 3 aromatic rings. The molecule has 0 aliphatic heterocycles. The van der Waals surface area contributed by atoms with E-state index >= 15 is 0 Å². The van der Waals surface area contributed by atoms with Gasteiger partial charge in [0.25, 0.3) is 0 Å². The molecule has 7 heteroatoms. The van der Waals surface area contributed by atoms with Gasteiger partial charge in [-0.3, -0.25) is 5.10 Å². The summed E-state index contributed by atoms with van der Waals surface area (Å²) in [7, 11) is 0. The van der Waals surface area contributed by atoms with E-state index in [2.05, 4.69) is 25.1 Å². The first kappa shape index (κ1) is 16.2. The molecule has 1 aromatic carbocycles. The van der Waals surface area contributed by atoms with Gasteiger partial charge in [0.1, 0.15) is 23.2 Å². The fourth-order valence-corrected chi connectivity index (χ4v) is 2.19. The summed E-state index contributed by atoms with van der Waals surface area (Å²) in [4.78, 5) is 13.1. The molecule has 3 rings (SSSR count). The van der Waals surface area contributed by atoms with E-state index in [1.807, 2.05) is 20.8 Å². The molecular formula is C17H17F2N5. The van der Waals surface area contributed by atoms with Gasteiger partial charge in [-0.15, -0.1) is 0 Å². The minimum absolute atomic E-state index is 0.135. The van der Waals surface area contributed by atoms with Crippen molar-refractivity contribution in [2.75, 3.05) is 0 Å². The van der Waals surface area contributed by atoms with E-state index in [0.29, 0.717) is 23.0 Å². The zero-order valence-corrected chi connectivity index (χ0v) is 13.9. The number of aromatic nitrogens is 5. The molecular weight excluding hydrogens is 312 g/mol. The Morgan fingerprint density at radius 1 is 0.958 bits per heavy atom. The van der Waals surface area contributed by atoms with Crippen LogP contribution >= 0.6 is 0 Å². The number of rotatable bonds is 2. The number of halogens is 2. The highest BCUT2D eigenvalue weighted by molar-refractivity contribution is 5.61. The van der Waals surface area contributed by atoms with Crippen molar-refractivity contribution in [3.8, 4) is 22.9 Å². The fourth-order valence-electron chi connectivity index (χ4n) is 2.19. The molecule has 2 aromatic heterocycles. The molecule has 5 nitrogen and oxygen atoms in total. The highest BCUT2D eigenvalue weighted by Gasteiger charge is 2.21. The molecule has 0 atom stereocenters. The highest BCUT2D eigenvalue weighted by atomic mass is 19.1. The summed E-state index contributed by atoms with van der Waals surface area (Å²) < 4.78 is 27.3. The molecule has 0 saturated carbocycles. The molecule has 0 fully saturated rings. The Bertz CT molecular complexity index is 896. The molecule has 0 unspecified atom stereocenters. The predicted octanol–water partition coefficient (Wildman–Crippen LogP) is 3.81. The standard InChI is InChI=1S/C17H17F2N5/c1-9-20-16(24-23-9)13-8-14(17(2,3)4)22-15(21-13)11-6-5-10(18)7-12(11)19/h5-8H,1-4H3,(H,20,23,24). The van der Waals surface area contributed by atoms with Crippen molar-refractivity contribution in [1.82, 2.24) is 25.1 Å². The van der Waals surface area contributed by atoms with E-state index in [0.717, 1.165) is 6.07 Å². The number of nitrogens with zero attached hydrogens (tertiary/aromatic N) is 4. The maximum atomic E-state index is 14.1. The van der Waals surface area contributed by atoms with Gasteiger partial charge in [0.15, 0.2) is 11.6 Å². The van der Waals surface area contributed by atoms with E-state index in [1.54, 1.807) is 13.0 Å².